The van der Waals surface area contributed by atoms with Crippen LogP contribution < -0.4 is 0 Å². The summed E-state index contributed by atoms with van der Waals surface area (Å²) in [5.74, 6) is -0.337. The number of hydrazone groups is 1. The fourth-order valence-corrected chi connectivity index (χ4v) is 4.94. The highest BCUT2D eigenvalue weighted by Gasteiger charge is 2.36. The maximum Gasteiger partial charge on any atom is 0.309 e. The van der Waals surface area contributed by atoms with E-state index in [4.69, 9.17) is 33.0 Å². The quantitative estimate of drug-likeness (QED) is 0.540. The number of ether oxygens (including phenoxy) is 1. The molecule has 1 fully saturated rings. The van der Waals surface area contributed by atoms with Crippen LogP contribution in [0.25, 0.3) is 0 Å². The number of nitrogens with zero attached hydrogens (tertiary/aromatic N) is 3. The Labute approximate surface area is 204 Å². The number of piperidine rings is 1. The monoisotopic (exact) mass is 487 g/mol. The molecule has 0 aromatic heterocycles. The number of esters is 1. The largest absolute Gasteiger partial charge is 0.466 e. The van der Waals surface area contributed by atoms with Gasteiger partial charge in [-0.05, 0) is 50.6 Å². The third kappa shape index (κ3) is 5.40. The molecule has 2 aliphatic heterocycles. The molecule has 1 amide bonds. The maximum absolute atomic E-state index is 13.4. The second-order valence-corrected chi connectivity index (χ2v) is 9.12. The highest BCUT2D eigenvalue weighted by Crippen LogP contribution is 2.37. The molecule has 1 saturated heterocycles. The lowest BCUT2D eigenvalue weighted by Gasteiger charge is -2.32. The Hall–Kier alpha value is -2.41. The highest BCUT2D eigenvalue weighted by molar-refractivity contribution is 6.34. The first kappa shape index (κ1) is 23.7. The zero-order chi connectivity index (χ0) is 23.4. The van der Waals surface area contributed by atoms with Crippen LogP contribution >= 0.6 is 23.2 Å². The first-order valence-corrected chi connectivity index (χ1v) is 12.0. The minimum Gasteiger partial charge on any atom is -0.466 e. The van der Waals surface area contributed by atoms with Gasteiger partial charge in [-0.2, -0.15) is 5.10 Å². The summed E-state index contributed by atoms with van der Waals surface area (Å²) in [5, 5.41) is 7.46. The van der Waals surface area contributed by atoms with Crippen LogP contribution in [0.5, 0.6) is 0 Å². The second-order valence-electron chi connectivity index (χ2n) is 8.31. The van der Waals surface area contributed by atoms with E-state index in [1.54, 1.807) is 5.01 Å². The van der Waals surface area contributed by atoms with Crippen molar-refractivity contribution in [2.45, 2.75) is 32.2 Å². The highest BCUT2D eigenvalue weighted by atomic mass is 35.5. The lowest BCUT2D eigenvalue weighted by atomic mass is 9.97. The second kappa shape index (κ2) is 10.7. The lowest BCUT2D eigenvalue weighted by molar-refractivity contribution is -0.149. The molecular formula is C25H27Cl2N3O3. The van der Waals surface area contributed by atoms with E-state index >= 15 is 0 Å². The molecule has 174 valence electrons. The average molecular weight is 488 g/mol. The number of carbonyl (C=O) groups excluding carboxylic acids is 2. The van der Waals surface area contributed by atoms with Crippen LogP contribution in [0.1, 0.15) is 43.4 Å². The summed E-state index contributed by atoms with van der Waals surface area (Å²) >= 11 is 12.9. The van der Waals surface area contributed by atoms with Crippen LogP contribution in [0.15, 0.2) is 53.6 Å². The normalized spacial score (nSPS) is 19.4. The van der Waals surface area contributed by atoms with E-state index in [9.17, 15) is 9.59 Å². The van der Waals surface area contributed by atoms with Crippen molar-refractivity contribution in [2.75, 3.05) is 26.2 Å². The topological polar surface area (TPSA) is 62.2 Å². The van der Waals surface area contributed by atoms with Gasteiger partial charge in [0, 0.05) is 22.0 Å². The Morgan fingerprint density at radius 3 is 2.36 bits per heavy atom. The molecule has 0 bridgehead atoms. The number of rotatable bonds is 6. The van der Waals surface area contributed by atoms with Crippen LogP contribution in [0.2, 0.25) is 10.0 Å². The van der Waals surface area contributed by atoms with Crippen molar-refractivity contribution >= 4 is 40.8 Å². The summed E-state index contributed by atoms with van der Waals surface area (Å²) < 4.78 is 5.14. The van der Waals surface area contributed by atoms with E-state index in [1.165, 1.54) is 0 Å². The summed E-state index contributed by atoms with van der Waals surface area (Å²) in [4.78, 5) is 27.5. The Morgan fingerprint density at radius 2 is 1.70 bits per heavy atom. The van der Waals surface area contributed by atoms with Gasteiger partial charge in [-0.15, -0.1) is 0 Å². The van der Waals surface area contributed by atoms with E-state index < -0.39 is 0 Å². The minimum atomic E-state index is -0.297. The standard InChI is InChI=1S/C25H27Cl2N3O3/c1-2-33-25(32)17-11-13-29(14-12-17)16-24(31)30-23(19-8-4-6-10-21(19)27)15-22(28-30)18-7-3-5-9-20(18)26/h3-10,17,23H,2,11-16H2,1H3/t23-/m0/s1. The number of carbonyl (C=O) groups is 2. The maximum atomic E-state index is 13.4. The predicted molar refractivity (Wildman–Crippen MR) is 129 cm³/mol. The van der Waals surface area contributed by atoms with Crippen molar-refractivity contribution in [3.05, 3.63) is 69.7 Å². The van der Waals surface area contributed by atoms with Gasteiger partial charge in [0.25, 0.3) is 5.91 Å². The van der Waals surface area contributed by atoms with Gasteiger partial charge in [-0.3, -0.25) is 14.5 Å². The molecule has 0 aliphatic carbocycles. The zero-order valence-electron chi connectivity index (χ0n) is 18.5. The molecule has 2 aromatic carbocycles. The number of hydrogen-bond donors (Lipinski definition) is 0. The summed E-state index contributed by atoms with van der Waals surface area (Å²) in [5.41, 5.74) is 2.45. The molecule has 0 radical (unpaired) electrons. The van der Waals surface area contributed by atoms with E-state index in [0.717, 1.165) is 16.8 Å². The van der Waals surface area contributed by atoms with Crippen molar-refractivity contribution in [2.24, 2.45) is 11.0 Å². The fraction of sp³-hybridized carbons (Fsp3) is 0.400. The minimum absolute atomic E-state index is 0.0937. The molecule has 0 unspecified atom stereocenters. The number of amides is 1. The predicted octanol–water partition coefficient (Wildman–Crippen LogP) is 4.95. The van der Waals surface area contributed by atoms with Crippen LogP contribution in [0.4, 0.5) is 0 Å². The Morgan fingerprint density at radius 1 is 1.03 bits per heavy atom. The van der Waals surface area contributed by atoms with Crippen LogP contribution in [0.3, 0.4) is 0 Å². The third-order valence-electron chi connectivity index (χ3n) is 6.18. The van der Waals surface area contributed by atoms with E-state index in [-0.39, 0.29) is 30.4 Å². The molecule has 2 aliphatic rings. The van der Waals surface area contributed by atoms with Crippen molar-refractivity contribution < 1.29 is 14.3 Å². The number of likely N-dealkylation sites (tertiary alicyclic amines) is 1. The molecule has 8 heteroatoms. The molecule has 0 spiro atoms. The summed E-state index contributed by atoms with van der Waals surface area (Å²) in [6.45, 7) is 3.77. The van der Waals surface area contributed by atoms with Gasteiger partial charge >= 0.3 is 5.97 Å². The number of halogens is 2. The first-order valence-electron chi connectivity index (χ1n) is 11.3. The molecular weight excluding hydrogens is 461 g/mol. The van der Waals surface area contributed by atoms with Crippen LogP contribution in [-0.2, 0) is 14.3 Å². The molecule has 0 saturated carbocycles. The molecule has 2 heterocycles. The molecule has 0 N–H and O–H groups in total. The average Bonchev–Trinajstić information content (AvgIpc) is 3.25. The third-order valence-corrected chi connectivity index (χ3v) is 6.86. The van der Waals surface area contributed by atoms with Gasteiger partial charge in [-0.25, -0.2) is 5.01 Å². The zero-order valence-corrected chi connectivity index (χ0v) is 20.1. The Bertz CT molecular complexity index is 1050. The Kier molecular flexibility index (Phi) is 7.68. The molecule has 2 aromatic rings. The van der Waals surface area contributed by atoms with Gasteiger partial charge in [0.15, 0.2) is 0 Å². The van der Waals surface area contributed by atoms with Crippen LogP contribution in [-0.4, -0.2) is 53.7 Å². The summed E-state index contributed by atoms with van der Waals surface area (Å²) in [6, 6.07) is 14.8. The van der Waals surface area contributed by atoms with Gasteiger partial charge < -0.3 is 4.74 Å². The van der Waals surface area contributed by atoms with E-state index in [0.29, 0.717) is 49.0 Å². The lowest BCUT2D eigenvalue weighted by Crippen LogP contribution is -2.43. The Balaban J connectivity index is 1.51. The van der Waals surface area contributed by atoms with E-state index in [1.807, 2.05) is 55.5 Å². The smallest absolute Gasteiger partial charge is 0.309 e. The molecule has 33 heavy (non-hydrogen) atoms. The van der Waals surface area contributed by atoms with Gasteiger partial charge in [0.05, 0.1) is 30.8 Å². The van der Waals surface area contributed by atoms with Crippen molar-refractivity contribution in [1.29, 1.82) is 0 Å². The van der Waals surface area contributed by atoms with Crippen molar-refractivity contribution in [1.82, 2.24) is 9.91 Å². The van der Waals surface area contributed by atoms with Crippen molar-refractivity contribution in [3.63, 3.8) is 0 Å². The summed E-state index contributed by atoms with van der Waals surface area (Å²) in [7, 11) is 0. The molecule has 1 atom stereocenters. The van der Waals surface area contributed by atoms with Gasteiger partial charge in [-0.1, -0.05) is 59.6 Å². The molecule has 6 nitrogen and oxygen atoms in total. The first-order chi connectivity index (χ1) is 16.0. The fourth-order valence-electron chi connectivity index (χ4n) is 4.44. The van der Waals surface area contributed by atoms with Crippen LogP contribution in [0, 0.1) is 5.92 Å². The number of benzene rings is 2. The van der Waals surface area contributed by atoms with E-state index in [2.05, 4.69) is 4.90 Å². The van der Waals surface area contributed by atoms with Gasteiger partial charge in [0.1, 0.15) is 0 Å². The van der Waals surface area contributed by atoms with Gasteiger partial charge in [0.2, 0.25) is 0 Å². The van der Waals surface area contributed by atoms with Crippen molar-refractivity contribution in [3.8, 4) is 0 Å². The number of hydrogen-bond acceptors (Lipinski definition) is 5. The molecule has 4 rings (SSSR count). The SMILES string of the molecule is CCOC(=O)C1CCN(CC(=O)N2N=C(c3ccccc3Cl)C[C@H]2c2ccccc2Cl)CC1. The summed E-state index contributed by atoms with van der Waals surface area (Å²) in [6.07, 6.45) is 1.91.